The number of aromatic nitrogens is 1. The number of piperidine rings is 1. The fourth-order valence-corrected chi connectivity index (χ4v) is 4.40. The Hall–Kier alpha value is -1.80. The van der Waals surface area contributed by atoms with E-state index >= 15 is 0 Å². The molecule has 4 rings (SSSR count). The van der Waals surface area contributed by atoms with Crippen LogP contribution in [0, 0.1) is 12.3 Å². The Morgan fingerprint density at radius 1 is 1.37 bits per heavy atom. The molecule has 144 valence electrons. The third-order valence-electron chi connectivity index (χ3n) is 5.85. The lowest BCUT2D eigenvalue weighted by Crippen LogP contribution is -2.38. The zero-order chi connectivity index (χ0) is 19.2. The summed E-state index contributed by atoms with van der Waals surface area (Å²) in [5.74, 6) is -0.156. The molecule has 2 amide bonds. The molecule has 6 nitrogen and oxygen atoms in total. The molecule has 3 N–H and O–H groups in total. The maximum atomic E-state index is 13.6. The van der Waals surface area contributed by atoms with Gasteiger partial charge in [-0.25, -0.2) is 9.37 Å². The van der Waals surface area contributed by atoms with Crippen LogP contribution in [-0.2, 0) is 9.59 Å². The summed E-state index contributed by atoms with van der Waals surface area (Å²) >= 11 is 3.31. The van der Waals surface area contributed by atoms with E-state index < -0.39 is 0 Å². The Kier molecular flexibility index (Phi) is 4.80. The van der Waals surface area contributed by atoms with Crippen LogP contribution in [0.3, 0.4) is 0 Å². The number of aryl methyl sites for hydroxylation is 1. The number of nitrogens with one attached hydrogen (secondary N) is 3. The minimum atomic E-state index is -0.316. The summed E-state index contributed by atoms with van der Waals surface area (Å²) in [6, 6.07) is 3.62. The van der Waals surface area contributed by atoms with Crippen LogP contribution in [-0.4, -0.2) is 35.4 Å². The Balaban J connectivity index is 1.33. The fraction of sp³-hybridized carbons (Fsp3) is 0.526. The van der Waals surface area contributed by atoms with Crippen molar-refractivity contribution in [1.82, 2.24) is 15.6 Å². The number of anilines is 1. The van der Waals surface area contributed by atoms with Crippen molar-refractivity contribution in [2.75, 3.05) is 11.9 Å². The molecule has 2 heterocycles. The van der Waals surface area contributed by atoms with Crippen LogP contribution in [0.5, 0.6) is 0 Å². The van der Waals surface area contributed by atoms with E-state index in [1.807, 2.05) is 19.1 Å². The second kappa shape index (κ2) is 6.98. The predicted molar refractivity (Wildman–Crippen MR) is 103 cm³/mol. The SMILES string of the molecule is Cc1ccc(Br)nc1NC(=O)[C@@H]1C[C@@]2(CNC(=O)C3=C(F)CCC3)CC2N1. The van der Waals surface area contributed by atoms with Crippen LogP contribution >= 0.6 is 15.9 Å². The normalized spacial score (nSPS) is 28.9. The molecular formula is C19H22BrFN4O2. The minimum Gasteiger partial charge on any atom is -0.352 e. The summed E-state index contributed by atoms with van der Waals surface area (Å²) < 4.78 is 14.3. The summed E-state index contributed by atoms with van der Waals surface area (Å²) in [5, 5.41) is 9.09. The number of pyridine rings is 1. The van der Waals surface area contributed by atoms with Crippen LogP contribution in [0.4, 0.5) is 10.2 Å². The first-order chi connectivity index (χ1) is 12.9. The van der Waals surface area contributed by atoms with Gasteiger partial charge in [-0.15, -0.1) is 0 Å². The van der Waals surface area contributed by atoms with E-state index in [0.717, 1.165) is 12.0 Å². The topological polar surface area (TPSA) is 83.1 Å². The van der Waals surface area contributed by atoms with Crippen molar-refractivity contribution in [2.24, 2.45) is 5.41 Å². The second-order valence-electron chi connectivity index (χ2n) is 7.75. The maximum absolute atomic E-state index is 13.6. The lowest BCUT2D eigenvalue weighted by molar-refractivity contribution is -0.118. The molecule has 1 aromatic heterocycles. The van der Waals surface area contributed by atoms with E-state index in [9.17, 15) is 14.0 Å². The lowest BCUT2D eigenvalue weighted by atomic mass is 9.99. The number of hydrogen-bond donors (Lipinski definition) is 3. The Morgan fingerprint density at radius 3 is 2.93 bits per heavy atom. The van der Waals surface area contributed by atoms with Crippen LogP contribution in [0.1, 0.15) is 37.7 Å². The van der Waals surface area contributed by atoms with Gasteiger partial charge in [-0.05, 0) is 66.6 Å². The van der Waals surface area contributed by atoms with Crippen LogP contribution in [0.25, 0.3) is 0 Å². The molecule has 1 saturated heterocycles. The number of allylic oxidation sites excluding steroid dienone is 1. The molecule has 0 aromatic carbocycles. The number of hydrogen-bond acceptors (Lipinski definition) is 4. The molecule has 0 spiro atoms. The molecule has 1 aromatic rings. The summed E-state index contributed by atoms with van der Waals surface area (Å²) in [5.41, 5.74) is 1.08. The zero-order valence-electron chi connectivity index (χ0n) is 15.1. The Labute approximate surface area is 165 Å². The summed E-state index contributed by atoms with van der Waals surface area (Å²) in [6.07, 6.45) is 3.15. The third-order valence-corrected chi connectivity index (χ3v) is 6.29. The summed E-state index contributed by atoms with van der Waals surface area (Å²) in [4.78, 5) is 29.1. The number of nitrogens with zero attached hydrogens (tertiary/aromatic N) is 1. The molecule has 0 radical (unpaired) electrons. The van der Waals surface area contributed by atoms with Crippen molar-refractivity contribution < 1.29 is 14.0 Å². The van der Waals surface area contributed by atoms with E-state index in [4.69, 9.17) is 0 Å². The van der Waals surface area contributed by atoms with Crippen molar-refractivity contribution >= 4 is 33.6 Å². The van der Waals surface area contributed by atoms with Crippen molar-refractivity contribution in [3.8, 4) is 0 Å². The van der Waals surface area contributed by atoms with Gasteiger partial charge in [-0.3, -0.25) is 9.59 Å². The molecule has 1 unspecified atom stereocenters. The van der Waals surface area contributed by atoms with Gasteiger partial charge in [0.1, 0.15) is 16.2 Å². The number of carbonyl (C=O) groups excluding carboxylic acids is 2. The van der Waals surface area contributed by atoms with Gasteiger partial charge >= 0.3 is 0 Å². The lowest BCUT2D eigenvalue weighted by Gasteiger charge is -2.17. The number of rotatable bonds is 5. The van der Waals surface area contributed by atoms with E-state index in [-0.39, 0.29) is 35.1 Å². The van der Waals surface area contributed by atoms with Crippen LogP contribution in [0.15, 0.2) is 28.1 Å². The van der Waals surface area contributed by atoms with Crippen molar-refractivity contribution in [1.29, 1.82) is 0 Å². The monoisotopic (exact) mass is 436 g/mol. The highest BCUT2D eigenvalue weighted by atomic mass is 79.9. The van der Waals surface area contributed by atoms with Crippen LogP contribution in [0.2, 0.25) is 0 Å². The summed E-state index contributed by atoms with van der Waals surface area (Å²) in [7, 11) is 0. The standard InChI is InChI=1S/C19H22BrFN4O2/c1-10-5-6-15(20)24-16(10)25-18(27)13-7-19(8-14(19)23-13)9-22-17(26)11-3-2-4-12(11)21/h5-6,13-14,23H,2-4,7-9H2,1H3,(H,22,26)(H,24,25,27)/t13-,14?,19-/m0/s1. The average molecular weight is 437 g/mol. The minimum absolute atomic E-state index is 0.104. The van der Waals surface area contributed by atoms with Gasteiger partial charge in [0.2, 0.25) is 11.8 Å². The largest absolute Gasteiger partial charge is 0.352 e. The van der Waals surface area contributed by atoms with Gasteiger partial charge in [0.25, 0.3) is 0 Å². The molecule has 3 aliphatic rings. The molecule has 1 aliphatic heterocycles. The second-order valence-corrected chi connectivity index (χ2v) is 8.56. The van der Waals surface area contributed by atoms with Gasteiger partial charge in [0.05, 0.1) is 6.04 Å². The van der Waals surface area contributed by atoms with Crippen LogP contribution < -0.4 is 16.0 Å². The van der Waals surface area contributed by atoms with E-state index in [1.54, 1.807) is 0 Å². The van der Waals surface area contributed by atoms with E-state index in [1.165, 1.54) is 0 Å². The highest BCUT2D eigenvalue weighted by Crippen LogP contribution is 2.54. The predicted octanol–water partition coefficient (Wildman–Crippen LogP) is 2.74. The third kappa shape index (κ3) is 3.65. The van der Waals surface area contributed by atoms with Gasteiger partial charge < -0.3 is 16.0 Å². The molecule has 1 saturated carbocycles. The first-order valence-corrected chi connectivity index (χ1v) is 10.0. The first-order valence-electron chi connectivity index (χ1n) is 9.24. The smallest absolute Gasteiger partial charge is 0.249 e. The quantitative estimate of drug-likeness (QED) is 0.619. The first kappa shape index (κ1) is 18.6. The number of fused-ring (bicyclic) bond motifs is 1. The fourth-order valence-electron chi connectivity index (χ4n) is 4.10. The van der Waals surface area contributed by atoms with E-state index in [2.05, 4.69) is 36.9 Å². The van der Waals surface area contributed by atoms with Gasteiger partial charge in [0.15, 0.2) is 0 Å². The molecule has 3 atom stereocenters. The summed E-state index contributed by atoms with van der Waals surface area (Å²) in [6.45, 7) is 2.36. The number of amides is 2. The maximum Gasteiger partial charge on any atom is 0.249 e. The van der Waals surface area contributed by atoms with E-state index in [0.29, 0.717) is 48.2 Å². The van der Waals surface area contributed by atoms with Crippen molar-refractivity contribution in [3.05, 3.63) is 33.7 Å². The Morgan fingerprint density at radius 2 is 2.19 bits per heavy atom. The molecular weight excluding hydrogens is 415 g/mol. The molecule has 2 fully saturated rings. The number of halogens is 2. The molecule has 0 bridgehead atoms. The number of carbonyl (C=O) groups is 2. The molecule has 27 heavy (non-hydrogen) atoms. The highest BCUT2D eigenvalue weighted by molar-refractivity contribution is 9.10. The highest BCUT2D eigenvalue weighted by Gasteiger charge is 2.61. The Bertz CT molecular complexity index is 843. The van der Waals surface area contributed by atoms with Gasteiger partial charge in [-0.1, -0.05) is 6.07 Å². The average Bonchev–Trinajstić information content (AvgIpc) is 2.96. The van der Waals surface area contributed by atoms with Crippen molar-refractivity contribution in [3.63, 3.8) is 0 Å². The van der Waals surface area contributed by atoms with Crippen molar-refractivity contribution in [2.45, 2.75) is 51.1 Å². The van der Waals surface area contributed by atoms with Gasteiger partial charge in [-0.2, -0.15) is 0 Å². The molecule has 2 aliphatic carbocycles. The van der Waals surface area contributed by atoms with Gasteiger partial charge in [0, 0.05) is 23.6 Å². The molecule has 8 heteroatoms. The zero-order valence-corrected chi connectivity index (χ0v) is 16.7.